The molecule has 1 heterocycles. The number of nitrogens with zero attached hydrogens (tertiary/aromatic N) is 2. The normalized spacial score (nSPS) is 12.0. The number of rotatable bonds is 5. The average molecular weight is 287 g/mol. The minimum absolute atomic E-state index is 0.0214. The van der Waals surface area contributed by atoms with Crippen LogP contribution in [0, 0.1) is 6.92 Å². The number of aryl methyl sites for hydroxylation is 1. The van der Waals surface area contributed by atoms with Crippen LogP contribution in [0.3, 0.4) is 0 Å². The van der Waals surface area contributed by atoms with Crippen LogP contribution in [0.5, 0.6) is 0 Å². The van der Waals surface area contributed by atoms with E-state index in [4.69, 9.17) is 4.52 Å². The van der Waals surface area contributed by atoms with Crippen LogP contribution in [0.4, 0.5) is 5.69 Å². The summed E-state index contributed by atoms with van der Waals surface area (Å²) in [5.41, 5.74) is 3.04. The Balaban J connectivity index is 1.92. The van der Waals surface area contributed by atoms with Gasteiger partial charge in [0.15, 0.2) is 0 Å². The van der Waals surface area contributed by atoms with Gasteiger partial charge < -0.3 is 14.7 Å². The number of nitrogens with one attached hydrogen (secondary N) is 1. The predicted octanol–water partition coefficient (Wildman–Crippen LogP) is 2.41. The molecule has 0 aliphatic rings. The molecule has 1 amide bonds. The zero-order chi connectivity index (χ0) is 15.4. The van der Waals surface area contributed by atoms with Crippen molar-refractivity contribution in [3.8, 4) is 0 Å². The molecule has 0 aliphatic heterocycles. The summed E-state index contributed by atoms with van der Waals surface area (Å²) in [6.07, 6.45) is 0.770. The third-order valence-electron chi connectivity index (χ3n) is 3.22. The molecule has 5 nitrogen and oxygen atoms in total. The molecule has 0 radical (unpaired) electrons. The van der Waals surface area contributed by atoms with E-state index in [0.29, 0.717) is 5.69 Å². The van der Waals surface area contributed by atoms with E-state index < -0.39 is 0 Å². The van der Waals surface area contributed by atoms with Crippen molar-refractivity contribution >= 4 is 11.6 Å². The summed E-state index contributed by atoms with van der Waals surface area (Å²) in [5.74, 6) is 0.0234. The molecule has 2 aromatic rings. The van der Waals surface area contributed by atoms with Gasteiger partial charge in [-0.3, -0.25) is 4.79 Å². The van der Waals surface area contributed by atoms with E-state index in [-0.39, 0.29) is 17.7 Å². The molecule has 5 heteroatoms. The van der Waals surface area contributed by atoms with Gasteiger partial charge in [-0.2, -0.15) is 0 Å². The van der Waals surface area contributed by atoms with Gasteiger partial charge in [0.1, 0.15) is 0 Å². The SMILES string of the molecule is Cc1cc(C(=O)N[C@@H](C)Cc2ccc(N(C)C)cc2)on1. The van der Waals surface area contributed by atoms with Gasteiger partial charge in [0.05, 0.1) is 5.69 Å². The highest BCUT2D eigenvalue weighted by molar-refractivity contribution is 5.91. The fourth-order valence-electron chi connectivity index (χ4n) is 2.10. The van der Waals surface area contributed by atoms with Crippen LogP contribution in [0.2, 0.25) is 0 Å². The lowest BCUT2D eigenvalue weighted by molar-refractivity contribution is 0.0903. The molecule has 0 spiro atoms. The summed E-state index contributed by atoms with van der Waals surface area (Å²) in [7, 11) is 4.02. The summed E-state index contributed by atoms with van der Waals surface area (Å²) >= 11 is 0. The summed E-state index contributed by atoms with van der Waals surface area (Å²) < 4.78 is 4.95. The average Bonchev–Trinajstić information content (AvgIpc) is 2.86. The number of amides is 1. The summed E-state index contributed by atoms with van der Waals surface area (Å²) in [6, 6.07) is 9.96. The zero-order valence-corrected chi connectivity index (χ0v) is 12.9. The molecule has 0 saturated carbocycles. The molecular formula is C16H21N3O2. The van der Waals surface area contributed by atoms with Gasteiger partial charge in [0, 0.05) is 31.9 Å². The molecule has 0 aliphatic carbocycles. The Bertz CT molecular complexity index is 602. The lowest BCUT2D eigenvalue weighted by Crippen LogP contribution is -2.33. The fourth-order valence-corrected chi connectivity index (χ4v) is 2.10. The van der Waals surface area contributed by atoms with Crippen molar-refractivity contribution in [3.63, 3.8) is 0 Å². The van der Waals surface area contributed by atoms with E-state index in [1.807, 2.05) is 21.0 Å². The molecule has 1 atom stereocenters. The van der Waals surface area contributed by atoms with Crippen LogP contribution < -0.4 is 10.2 Å². The maximum atomic E-state index is 12.0. The van der Waals surface area contributed by atoms with Crippen molar-refractivity contribution in [2.75, 3.05) is 19.0 Å². The first-order valence-corrected chi connectivity index (χ1v) is 6.96. The smallest absolute Gasteiger partial charge is 0.290 e. The molecule has 0 unspecified atom stereocenters. The number of anilines is 1. The van der Waals surface area contributed by atoms with Crippen molar-refractivity contribution in [2.45, 2.75) is 26.3 Å². The van der Waals surface area contributed by atoms with Crippen LogP contribution in [-0.4, -0.2) is 31.2 Å². The standard InChI is InChI=1S/C16H21N3O2/c1-11(17-16(20)15-10-12(2)18-21-15)9-13-5-7-14(8-6-13)19(3)4/h5-8,10-11H,9H2,1-4H3,(H,17,20)/t11-/m0/s1. The molecule has 21 heavy (non-hydrogen) atoms. The number of hydrogen-bond donors (Lipinski definition) is 1. The van der Waals surface area contributed by atoms with Crippen LogP contribution >= 0.6 is 0 Å². The molecular weight excluding hydrogens is 266 g/mol. The van der Waals surface area contributed by atoms with Gasteiger partial charge in [-0.15, -0.1) is 0 Å². The van der Waals surface area contributed by atoms with Gasteiger partial charge in [-0.05, 0) is 38.0 Å². The van der Waals surface area contributed by atoms with E-state index in [1.165, 1.54) is 5.56 Å². The van der Waals surface area contributed by atoms with Crippen molar-refractivity contribution in [1.82, 2.24) is 10.5 Å². The minimum atomic E-state index is -0.229. The summed E-state index contributed by atoms with van der Waals surface area (Å²) in [4.78, 5) is 14.0. The van der Waals surface area contributed by atoms with E-state index in [9.17, 15) is 4.79 Å². The lowest BCUT2D eigenvalue weighted by atomic mass is 10.1. The topological polar surface area (TPSA) is 58.4 Å². The van der Waals surface area contributed by atoms with Gasteiger partial charge in [-0.25, -0.2) is 0 Å². The number of benzene rings is 1. The Hall–Kier alpha value is -2.30. The zero-order valence-electron chi connectivity index (χ0n) is 12.9. The number of carbonyl (C=O) groups excluding carboxylic acids is 1. The Morgan fingerprint density at radius 3 is 2.52 bits per heavy atom. The fraction of sp³-hybridized carbons (Fsp3) is 0.375. The Labute approximate surface area is 124 Å². The maximum absolute atomic E-state index is 12.0. The maximum Gasteiger partial charge on any atom is 0.290 e. The number of aromatic nitrogens is 1. The highest BCUT2D eigenvalue weighted by Crippen LogP contribution is 2.13. The van der Waals surface area contributed by atoms with Crippen molar-refractivity contribution in [1.29, 1.82) is 0 Å². The Morgan fingerprint density at radius 2 is 2.00 bits per heavy atom. The first-order chi connectivity index (χ1) is 9.95. The molecule has 1 aromatic carbocycles. The second-order valence-corrected chi connectivity index (χ2v) is 5.47. The van der Waals surface area contributed by atoms with Crippen LogP contribution in [-0.2, 0) is 6.42 Å². The monoisotopic (exact) mass is 287 g/mol. The van der Waals surface area contributed by atoms with Gasteiger partial charge in [0.2, 0.25) is 5.76 Å². The van der Waals surface area contributed by atoms with Gasteiger partial charge >= 0.3 is 0 Å². The van der Waals surface area contributed by atoms with Crippen molar-refractivity contribution in [3.05, 3.63) is 47.3 Å². The molecule has 0 bridgehead atoms. The molecule has 1 N–H and O–H groups in total. The Kier molecular flexibility index (Phi) is 4.62. The van der Waals surface area contributed by atoms with Crippen molar-refractivity contribution in [2.24, 2.45) is 0 Å². The van der Waals surface area contributed by atoms with Gasteiger partial charge in [0.25, 0.3) is 5.91 Å². The number of hydrogen-bond acceptors (Lipinski definition) is 4. The highest BCUT2D eigenvalue weighted by Gasteiger charge is 2.14. The summed E-state index contributed by atoms with van der Waals surface area (Å²) in [6.45, 7) is 3.76. The van der Waals surface area contributed by atoms with Crippen LogP contribution in [0.25, 0.3) is 0 Å². The minimum Gasteiger partial charge on any atom is -0.378 e. The largest absolute Gasteiger partial charge is 0.378 e. The predicted molar refractivity (Wildman–Crippen MR) is 82.6 cm³/mol. The lowest BCUT2D eigenvalue weighted by Gasteiger charge is -2.15. The molecule has 0 fully saturated rings. The molecule has 1 aromatic heterocycles. The third-order valence-corrected chi connectivity index (χ3v) is 3.22. The first-order valence-electron chi connectivity index (χ1n) is 6.96. The highest BCUT2D eigenvalue weighted by atomic mass is 16.5. The van der Waals surface area contributed by atoms with E-state index in [0.717, 1.165) is 12.1 Å². The van der Waals surface area contributed by atoms with Crippen molar-refractivity contribution < 1.29 is 9.32 Å². The second kappa shape index (κ2) is 6.43. The Morgan fingerprint density at radius 1 is 1.33 bits per heavy atom. The third kappa shape index (κ3) is 4.08. The van der Waals surface area contributed by atoms with Gasteiger partial charge in [-0.1, -0.05) is 17.3 Å². The molecule has 2 rings (SSSR count). The first kappa shape index (κ1) is 15.1. The van der Waals surface area contributed by atoms with E-state index in [2.05, 4.69) is 39.6 Å². The molecule has 0 saturated heterocycles. The summed E-state index contributed by atoms with van der Waals surface area (Å²) in [5, 5.41) is 6.63. The molecule has 112 valence electrons. The van der Waals surface area contributed by atoms with E-state index in [1.54, 1.807) is 13.0 Å². The second-order valence-electron chi connectivity index (χ2n) is 5.47. The van der Waals surface area contributed by atoms with Crippen LogP contribution in [0.1, 0.15) is 28.7 Å². The van der Waals surface area contributed by atoms with Crippen LogP contribution in [0.15, 0.2) is 34.9 Å². The number of carbonyl (C=O) groups is 1. The quantitative estimate of drug-likeness (QED) is 0.917. The van der Waals surface area contributed by atoms with E-state index >= 15 is 0 Å².